The molecule has 0 spiro atoms. The summed E-state index contributed by atoms with van der Waals surface area (Å²) < 4.78 is 10.7. The molecule has 1 aliphatic heterocycles. The number of aromatic nitrogens is 1. The second-order valence-corrected chi connectivity index (χ2v) is 5.87. The second-order valence-electron chi connectivity index (χ2n) is 5.87. The standard InChI is InChI=1S/C18H24N4O2/c1-23-16-12-14(11-15(19)18(16)24-2)13-21-7-9-22(10-8-21)17-5-3-4-6-20-17/h3-6,11-12H,7-10,13,19H2,1-2H3. The summed E-state index contributed by atoms with van der Waals surface area (Å²) in [7, 11) is 3.23. The van der Waals surface area contributed by atoms with E-state index >= 15 is 0 Å². The number of rotatable bonds is 5. The molecule has 0 aliphatic carbocycles. The average Bonchev–Trinajstić information content (AvgIpc) is 2.62. The number of pyridine rings is 1. The highest BCUT2D eigenvalue weighted by Gasteiger charge is 2.19. The highest BCUT2D eigenvalue weighted by molar-refractivity contribution is 5.62. The molecule has 0 amide bonds. The molecule has 6 heteroatoms. The van der Waals surface area contributed by atoms with Crippen LogP contribution in [0, 0.1) is 0 Å². The van der Waals surface area contributed by atoms with E-state index in [9.17, 15) is 0 Å². The zero-order chi connectivity index (χ0) is 16.9. The molecule has 6 nitrogen and oxygen atoms in total. The lowest BCUT2D eigenvalue weighted by Crippen LogP contribution is -2.46. The van der Waals surface area contributed by atoms with Crippen molar-refractivity contribution in [2.45, 2.75) is 6.54 Å². The largest absolute Gasteiger partial charge is 0.493 e. The van der Waals surface area contributed by atoms with Gasteiger partial charge in [0.1, 0.15) is 5.82 Å². The number of ether oxygens (including phenoxy) is 2. The average molecular weight is 328 g/mol. The molecule has 0 radical (unpaired) electrons. The zero-order valence-electron chi connectivity index (χ0n) is 14.2. The minimum Gasteiger partial charge on any atom is -0.493 e. The van der Waals surface area contributed by atoms with Crippen molar-refractivity contribution in [1.82, 2.24) is 9.88 Å². The Bertz CT molecular complexity index is 670. The Hall–Kier alpha value is -2.47. The Morgan fingerprint density at radius 2 is 1.88 bits per heavy atom. The number of hydrogen-bond acceptors (Lipinski definition) is 6. The summed E-state index contributed by atoms with van der Waals surface area (Å²) in [4.78, 5) is 9.16. The van der Waals surface area contributed by atoms with E-state index in [1.54, 1.807) is 14.2 Å². The summed E-state index contributed by atoms with van der Waals surface area (Å²) in [6.07, 6.45) is 1.84. The SMILES string of the molecule is COc1cc(CN2CCN(c3ccccn3)CC2)cc(N)c1OC. The van der Waals surface area contributed by atoms with E-state index in [4.69, 9.17) is 15.2 Å². The molecule has 0 unspecified atom stereocenters. The first-order chi connectivity index (χ1) is 11.7. The van der Waals surface area contributed by atoms with Gasteiger partial charge in [0.25, 0.3) is 0 Å². The van der Waals surface area contributed by atoms with E-state index in [-0.39, 0.29) is 0 Å². The summed E-state index contributed by atoms with van der Waals surface area (Å²) in [6, 6.07) is 10.00. The van der Waals surface area contributed by atoms with Gasteiger partial charge in [-0.1, -0.05) is 6.07 Å². The van der Waals surface area contributed by atoms with Crippen molar-refractivity contribution in [3.63, 3.8) is 0 Å². The van der Waals surface area contributed by atoms with Crippen LogP contribution in [0.25, 0.3) is 0 Å². The Kier molecular flexibility index (Phi) is 5.05. The molecule has 2 N–H and O–H groups in total. The van der Waals surface area contributed by atoms with E-state index in [0.29, 0.717) is 17.2 Å². The summed E-state index contributed by atoms with van der Waals surface area (Å²) in [6.45, 7) is 4.77. The lowest BCUT2D eigenvalue weighted by atomic mass is 10.1. The molecule has 2 heterocycles. The molecular formula is C18H24N4O2. The molecule has 1 fully saturated rings. The summed E-state index contributed by atoms with van der Waals surface area (Å²) in [5.74, 6) is 2.33. The lowest BCUT2D eigenvalue weighted by molar-refractivity contribution is 0.249. The lowest BCUT2D eigenvalue weighted by Gasteiger charge is -2.35. The van der Waals surface area contributed by atoms with Gasteiger partial charge in [-0.15, -0.1) is 0 Å². The van der Waals surface area contributed by atoms with Gasteiger partial charge in [0.15, 0.2) is 11.5 Å². The van der Waals surface area contributed by atoms with E-state index in [0.717, 1.165) is 44.1 Å². The Morgan fingerprint density at radius 1 is 1.08 bits per heavy atom. The molecule has 1 saturated heterocycles. The van der Waals surface area contributed by atoms with Crippen LogP contribution in [0.3, 0.4) is 0 Å². The van der Waals surface area contributed by atoms with Crippen LogP contribution in [-0.4, -0.2) is 50.3 Å². The third kappa shape index (κ3) is 3.54. The molecule has 3 rings (SSSR count). The van der Waals surface area contributed by atoms with Gasteiger partial charge >= 0.3 is 0 Å². The van der Waals surface area contributed by atoms with Crippen LogP contribution >= 0.6 is 0 Å². The van der Waals surface area contributed by atoms with E-state index < -0.39 is 0 Å². The molecule has 2 aromatic rings. The number of nitrogens with two attached hydrogens (primary N) is 1. The highest BCUT2D eigenvalue weighted by atomic mass is 16.5. The smallest absolute Gasteiger partial charge is 0.183 e. The molecule has 1 aromatic heterocycles. The molecule has 0 saturated carbocycles. The van der Waals surface area contributed by atoms with Gasteiger partial charge in [0.2, 0.25) is 0 Å². The van der Waals surface area contributed by atoms with E-state index in [1.807, 2.05) is 30.5 Å². The van der Waals surface area contributed by atoms with Crippen LogP contribution < -0.4 is 20.1 Å². The number of piperazine rings is 1. The van der Waals surface area contributed by atoms with Crippen molar-refractivity contribution in [3.05, 3.63) is 42.1 Å². The fourth-order valence-electron chi connectivity index (χ4n) is 3.08. The summed E-state index contributed by atoms with van der Waals surface area (Å²) >= 11 is 0. The first kappa shape index (κ1) is 16.4. The fourth-order valence-corrected chi connectivity index (χ4v) is 3.08. The second kappa shape index (κ2) is 7.40. The number of nitrogen functional groups attached to an aromatic ring is 1. The van der Waals surface area contributed by atoms with Gasteiger partial charge in [-0.25, -0.2) is 4.98 Å². The van der Waals surface area contributed by atoms with Gasteiger partial charge in [0.05, 0.1) is 19.9 Å². The Morgan fingerprint density at radius 3 is 2.50 bits per heavy atom. The van der Waals surface area contributed by atoms with E-state index in [2.05, 4.69) is 20.9 Å². The third-order valence-corrected chi connectivity index (χ3v) is 4.32. The Balaban J connectivity index is 1.63. The minimum atomic E-state index is 0.598. The molecule has 24 heavy (non-hydrogen) atoms. The normalized spacial score (nSPS) is 15.3. The van der Waals surface area contributed by atoms with Crippen LogP contribution in [0.2, 0.25) is 0 Å². The minimum absolute atomic E-state index is 0.598. The van der Waals surface area contributed by atoms with Crippen molar-refractivity contribution in [2.24, 2.45) is 0 Å². The maximum Gasteiger partial charge on any atom is 0.183 e. The predicted octanol–water partition coefficient (Wildman–Crippen LogP) is 2.00. The topological polar surface area (TPSA) is 63.9 Å². The molecular weight excluding hydrogens is 304 g/mol. The van der Waals surface area contributed by atoms with Crippen LogP contribution in [0.1, 0.15) is 5.56 Å². The molecule has 128 valence electrons. The molecule has 0 bridgehead atoms. The summed E-state index contributed by atoms with van der Waals surface area (Å²) in [5, 5.41) is 0. The Labute approximate surface area is 142 Å². The quantitative estimate of drug-likeness (QED) is 0.847. The number of benzene rings is 1. The number of methoxy groups -OCH3 is 2. The van der Waals surface area contributed by atoms with Gasteiger partial charge in [-0.05, 0) is 29.8 Å². The van der Waals surface area contributed by atoms with Crippen LogP contribution in [0.4, 0.5) is 11.5 Å². The number of anilines is 2. The van der Waals surface area contributed by atoms with Crippen molar-refractivity contribution >= 4 is 11.5 Å². The van der Waals surface area contributed by atoms with Gasteiger partial charge in [-0.2, -0.15) is 0 Å². The first-order valence-electron chi connectivity index (χ1n) is 8.10. The predicted molar refractivity (Wildman–Crippen MR) is 95.7 cm³/mol. The highest BCUT2D eigenvalue weighted by Crippen LogP contribution is 2.34. The molecule has 0 atom stereocenters. The van der Waals surface area contributed by atoms with Crippen molar-refractivity contribution in [2.75, 3.05) is 51.0 Å². The van der Waals surface area contributed by atoms with Crippen LogP contribution in [0.15, 0.2) is 36.5 Å². The maximum atomic E-state index is 6.07. The van der Waals surface area contributed by atoms with Gasteiger partial charge in [0, 0.05) is 38.9 Å². The van der Waals surface area contributed by atoms with Gasteiger partial charge in [-0.3, -0.25) is 4.90 Å². The van der Waals surface area contributed by atoms with Crippen molar-refractivity contribution in [1.29, 1.82) is 0 Å². The monoisotopic (exact) mass is 328 g/mol. The fraction of sp³-hybridized carbons (Fsp3) is 0.389. The number of nitrogens with zero attached hydrogens (tertiary/aromatic N) is 3. The van der Waals surface area contributed by atoms with E-state index in [1.165, 1.54) is 0 Å². The maximum absolute atomic E-state index is 6.07. The molecule has 1 aromatic carbocycles. The zero-order valence-corrected chi connectivity index (χ0v) is 14.2. The third-order valence-electron chi connectivity index (χ3n) is 4.32. The van der Waals surface area contributed by atoms with Crippen LogP contribution in [-0.2, 0) is 6.54 Å². The van der Waals surface area contributed by atoms with Crippen molar-refractivity contribution < 1.29 is 9.47 Å². The summed E-state index contributed by atoms with van der Waals surface area (Å²) in [5.41, 5.74) is 7.82. The first-order valence-corrected chi connectivity index (χ1v) is 8.10. The van der Waals surface area contributed by atoms with Crippen LogP contribution in [0.5, 0.6) is 11.5 Å². The van der Waals surface area contributed by atoms with Gasteiger partial charge < -0.3 is 20.1 Å². The molecule has 1 aliphatic rings. The van der Waals surface area contributed by atoms with Crippen molar-refractivity contribution in [3.8, 4) is 11.5 Å². The number of hydrogen-bond donors (Lipinski definition) is 1.